The average molecular weight is 394 g/mol. The molecule has 1 aliphatic heterocycles. The van der Waals surface area contributed by atoms with Crippen molar-refractivity contribution in [3.05, 3.63) is 57.8 Å². The van der Waals surface area contributed by atoms with Gasteiger partial charge in [-0.15, -0.1) is 0 Å². The molecule has 2 aromatic rings. The van der Waals surface area contributed by atoms with E-state index in [2.05, 4.69) is 21.2 Å². The third-order valence-corrected chi connectivity index (χ3v) is 4.47. The van der Waals surface area contributed by atoms with Crippen LogP contribution in [0, 0.1) is 5.82 Å². The van der Waals surface area contributed by atoms with Crippen LogP contribution in [-0.4, -0.2) is 19.1 Å². The molecule has 0 radical (unpaired) electrons. The van der Waals surface area contributed by atoms with Crippen molar-refractivity contribution in [1.82, 2.24) is 5.32 Å². The lowest BCUT2D eigenvalue weighted by Gasteiger charge is -2.18. The summed E-state index contributed by atoms with van der Waals surface area (Å²) < 4.78 is 25.1. The van der Waals surface area contributed by atoms with Gasteiger partial charge in [-0.05, 0) is 48.9 Å². The second kappa shape index (κ2) is 7.21. The van der Waals surface area contributed by atoms with Crippen molar-refractivity contribution in [2.75, 3.05) is 13.2 Å². The third kappa shape index (κ3) is 3.70. The maximum Gasteiger partial charge on any atom is 0.251 e. The normalized spacial score (nSPS) is 14.6. The Morgan fingerprint density at radius 3 is 2.46 bits per heavy atom. The van der Waals surface area contributed by atoms with Gasteiger partial charge in [0.05, 0.1) is 19.3 Å². The Balaban J connectivity index is 1.79. The van der Waals surface area contributed by atoms with E-state index in [1.165, 1.54) is 24.3 Å². The highest BCUT2D eigenvalue weighted by atomic mass is 79.9. The minimum absolute atomic E-state index is 0.255. The van der Waals surface area contributed by atoms with E-state index in [0.717, 1.165) is 16.5 Å². The van der Waals surface area contributed by atoms with Gasteiger partial charge < -0.3 is 14.8 Å². The Labute approximate surface area is 148 Å². The molecule has 0 saturated carbocycles. The molecule has 0 saturated heterocycles. The number of carbonyl (C=O) groups is 1. The molecule has 0 spiro atoms. The van der Waals surface area contributed by atoms with Crippen molar-refractivity contribution in [2.24, 2.45) is 0 Å². The first-order valence-electron chi connectivity index (χ1n) is 7.70. The zero-order chi connectivity index (χ0) is 17.1. The molecule has 6 heteroatoms. The first-order valence-corrected chi connectivity index (χ1v) is 8.49. The van der Waals surface area contributed by atoms with Gasteiger partial charge in [-0.2, -0.15) is 0 Å². The molecule has 24 heavy (non-hydrogen) atoms. The van der Waals surface area contributed by atoms with Gasteiger partial charge in [0.1, 0.15) is 5.82 Å². The van der Waals surface area contributed by atoms with Crippen LogP contribution in [0.2, 0.25) is 0 Å². The molecule has 4 nitrogen and oxygen atoms in total. The molecular weight excluding hydrogens is 377 g/mol. The molecule has 0 aliphatic carbocycles. The number of carbonyl (C=O) groups excluding carboxylic acids is 1. The minimum Gasteiger partial charge on any atom is -0.490 e. The lowest BCUT2D eigenvalue weighted by Crippen LogP contribution is -2.26. The number of rotatable bonds is 3. The molecule has 1 heterocycles. The molecule has 3 rings (SSSR count). The van der Waals surface area contributed by atoms with E-state index in [4.69, 9.17) is 9.47 Å². The van der Waals surface area contributed by atoms with Crippen LogP contribution < -0.4 is 14.8 Å². The Bertz CT molecular complexity index is 749. The van der Waals surface area contributed by atoms with Crippen LogP contribution in [0.3, 0.4) is 0 Å². The Hall–Kier alpha value is -2.08. The van der Waals surface area contributed by atoms with Gasteiger partial charge >= 0.3 is 0 Å². The summed E-state index contributed by atoms with van der Waals surface area (Å²) in [6.45, 7) is 3.10. The number of fused-ring (bicyclic) bond motifs is 1. The lowest BCUT2D eigenvalue weighted by molar-refractivity contribution is 0.0939. The van der Waals surface area contributed by atoms with Gasteiger partial charge in [0.2, 0.25) is 0 Å². The quantitative estimate of drug-likeness (QED) is 0.847. The maximum atomic E-state index is 13.0. The molecule has 1 aliphatic rings. The number of hydrogen-bond acceptors (Lipinski definition) is 3. The van der Waals surface area contributed by atoms with E-state index in [9.17, 15) is 9.18 Å². The van der Waals surface area contributed by atoms with Crippen LogP contribution >= 0.6 is 15.9 Å². The van der Waals surface area contributed by atoms with Gasteiger partial charge in [-0.25, -0.2) is 4.39 Å². The zero-order valence-corrected chi connectivity index (χ0v) is 14.7. The van der Waals surface area contributed by atoms with Gasteiger partial charge in [0.15, 0.2) is 11.5 Å². The van der Waals surface area contributed by atoms with Crippen LogP contribution in [0.1, 0.15) is 35.3 Å². The first kappa shape index (κ1) is 16.8. The second-order valence-electron chi connectivity index (χ2n) is 5.57. The topological polar surface area (TPSA) is 47.6 Å². The van der Waals surface area contributed by atoms with Crippen molar-refractivity contribution >= 4 is 21.8 Å². The van der Waals surface area contributed by atoms with Crippen molar-refractivity contribution in [2.45, 2.75) is 19.4 Å². The second-order valence-corrected chi connectivity index (χ2v) is 6.43. The third-order valence-electron chi connectivity index (χ3n) is 3.79. The molecule has 0 bridgehead atoms. The van der Waals surface area contributed by atoms with Crippen LogP contribution in [0.15, 0.2) is 40.9 Å². The highest BCUT2D eigenvalue weighted by Gasteiger charge is 2.19. The smallest absolute Gasteiger partial charge is 0.251 e. The van der Waals surface area contributed by atoms with E-state index in [1.807, 2.05) is 19.1 Å². The molecule has 2 aromatic carbocycles. The Morgan fingerprint density at radius 2 is 1.79 bits per heavy atom. The molecule has 0 unspecified atom stereocenters. The van der Waals surface area contributed by atoms with Crippen LogP contribution in [-0.2, 0) is 0 Å². The summed E-state index contributed by atoms with van der Waals surface area (Å²) in [5, 5.41) is 2.91. The molecular formula is C18H17BrFNO3. The summed E-state index contributed by atoms with van der Waals surface area (Å²) in [4.78, 5) is 12.3. The number of benzene rings is 2. The van der Waals surface area contributed by atoms with Crippen LogP contribution in [0.25, 0.3) is 0 Å². The number of hydrogen-bond donors (Lipinski definition) is 1. The van der Waals surface area contributed by atoms with Crippen molar-refractivity contribution in [1.29, 1.82) is 0 Å². The Morgan fingerprint density at radius 1 is 1.17 bits per heavy atom. The summed E-state index contributed by atoms with van der Waals surface area (Å²) >= 11 is 3.52. The van der Waals surface area contributed by atoms with Crippen molar-refractivity contribution in [3.63, 3.8) is 0 Å². The zero-order valence-electron chi connectivity index (χ0n) is 13.1. The molecule has 0 fully saturated rings. The first-order chi connectivity index (χ1) is 11.5. The van der Waals surface area contributed by atoms with Gasteiger partial charge in [-0.1, -0.05) is 15.9 Å². The van der Waals surface area contributed by atoms with E-state index < -0.39 is 0 Å². The summed E-state index contributed by atoms with van der Waals surface area (Å²) in [7, 11) is 0. The molecule has 1 N–H and O–H groups in total. The van der Waals surface area contributed by atoms with E-state index >= 15 is 0 Å². The highest BCUT2D eigenvalue weighted by molar-refractivity contribution is 9.10. The number of nitrogens with one attached hydrogen (secondary N) is 1. The molecule has 0 aromatic heterocycles. The molecule has 1 atom stereocenters. The fourth-order valence-corrected chi connectivity index (χ4v) is 3.16. The predicted octanol–water partition coefficient (Wildman–Crippen LogP) is 4.24. The van der Waals surface area contributed by atoms with Crippen LogP contribution in [0.4, 0.5) is 4.39 Å². The Kier molecular flexibility index (Phi) is 5.04. The standard InChI is InChI=1S/C18H17BrFNO3/c1-11(21-18(22)12-3-5-13(20)6-4-12)14-9-16-17(10-15(14)19)24-8-2-7-23-16/h3-6,9-11H,2,7-8H2,1H3,(H,21,22)/t11-/m0/s1. The average Bonchev–Trinajstić information content (AvgIpc) is 2.79. The summed E-state index contributed by atoms with van der Waals surface area (Å²) in [5.74, 6) is 0.737. The number of halogens is 2. The summed E-state index contributed by atoms with van der Waals surface area (Å²) in [6, 6.07) is 8.93. The van der Waals surface area contributed by atoms with E-state index in [1.54, 1.807) is 0 Å². The van der Waals surface area contributed by atoms with Gasteiger partial charge in [0, 0.05) is 16.5 Å². The van der Waals surface area contributed by atoms with Gasteiger partial charge in [0.25, 0.3) is 5.91 Å². The SMILES string of the molecule is C[C@H](NC(=O)c1ccc(F)cc1)c1cc2c(cc1Br)OCCCO2. The lowest BCUT2D eigenvalue weighted by atomic mass is 10.1. The van der Waals surface area contributed by atoms with Gasteiger partial charge in [-0.3, -0.25) is 4.79 Å². The largest absolute Gasteiger partial charge is 0.490 e. The molecule has 126 valence electrons. The summed E-state index contributed by atoms with van der Waals surface area (Å²) in [6.07, 6.45) is 0.832. The highest BCUT2D eigenvalue weighted by Crippen LogP contribution is 2.37. The summed E-state index contributed by atoms with van der Waals surface area (Å²) in [5.41, 5.74) is 1.29. The number of ether oxygens (including phenoxy) is 2. The maximum absolute atomic E-state index is 13.0. The van der Waals surface area contributed by atoms with E-state index in [0.29, 0.717) is 30.3 Å². The molecule has 1 amide bonds. The monoisotopic (exact) mass is 393 g/mol. The fraction of sp³-hybridized carbons (Fsp3) is 0.278. The number of amides is 1. The van der Waals surface area contributed by atoms with Crippen molar-refractivity contribution < 1.29 is 18.7 Å². The van der Waals surface area contributed by atoms with Crippen molar-refractivity contribution in [3.8, 4) is 11.5 Å². The van der Waals surface area contributed by atoms with Crippen LogP contribution in [0.5, 0.6) is 11.5 Å². The van der Waals surface area contributed by atoms with E-state index in [-0.39, 0.29) is 17.8 Å². The minimum atomic E-state index is -0.370. The predicted molar refractivity (Wildman–Crippen MR) is 92.0 cm³/mol. The fourth-order valence-electron chi connectivity index (χ4n) is 2.49.